The molecular weight excluding hydrogens is 170 g/mol. The zero-order valence-electron chi connectivity index (χ0n) is 8.16. The van der Waals surface area contributed by atoms with Gasteiger partial charge in [-0.25, -0.2) is 4.79 Å². The summed E-state index contributed by atoms with van der Waals surface area (Å²) >= 11 is 0. The highest BCUT2D eigenvalue weighted by Gasteiger charge is 2.25. The molecule has 0 aliphatic carbocycles. The van der Waals surface area contributed by atoms with Crippen molar-refractivity contribution in [2.45, 2.75) is 26.4 Å². The maximum absolute atomic E-state index is 10.9. The lowest BCUT2D eigenvalue weighted by molar-refractivity contribution is 0.0295. The van der Waals surface area contributed by atoms with Crippen LogP contribution in [0, 0.1) is 6.54 Å². The van der Waals surface area contributed by atoms with Crippen molar-refractivity contribution in [3.05, 3.63) is 6.54 Å². The van der Waals surface area contributed by atoms with E-state index in [1.807, 2.05) is 0 Å². The van der Waals surface area contributed by atoms with Crippen molar-refractivity contribution in [3.8, 4) is 0 Å². The fourth-order valence-corrected chi connectivity index (χ4v) is 1.31. The Morgan fingerprint density at radius 3 is 2.92 bits per heavy atom. The minimum absolute atomic E-state index is 0.0287. The summed E-state index contributed by atoms with van der Waals surface area (Å²) in [7, 11) is 0. The lowest BCUT2D eigenvalue weighted by atomic mass is 10.3. The summed E-state index contributed by atoms with van der Waals surface area (Å²) in [6.07, 6.45) is 0.213. The highest BCUT2D eigenvalue weighted by Crippen LogP contribution is 2.16. The van der Waals surface area contributed by atoms with Crippen molar-refractivity contribution in [2.75, 3.05) is 19.7 Å². The number of rotatable bonds is 3. The molecule has 1 atom stereocenters. The Morgan fingerprint density at radius 2 is 2.38 bits per heavy atom. The van der Waals surface area contributed by atoms with E-state index in [-0.39, 0.29) is 6.10 Å². The first kappa shape index (κ1) is 10.3. The molecule has 0 amide bonds. The number of likely N-dealkylation sites (tertiary alicyclic amines) is 1. The predicted molar refractivity (Wildman–Crippen MR) is 48.1 cm³/mol. The van der Waals surface area contributed by atoms with Crippen LogP contribution < -0.4 is 0 Å². The predicted octanol–water partition coefficient (Wildman–Crippen LogP) is 1.42. The van der Waals surface area contributed by atoms with Gasteiger partial charge >= 0.3 is 6.16 Å². The molecule has 4 heteroatoms. The maximum atomic E-state index is 10.9. The Kier molecular flexibility index (Phi) is 4.02. The quantitative estimate of drug-likeness (QED) is 0.625. The van der Waals surface area contributed by atoms with Gasteiger partial charge in [-0.1, -0.05) is 6.92 Å². The average molecular weight is 186 g/mol. The summed E-state index contributed by atoms with van der Waals surface area (Å²) < 4.78 is 9.73. The molecule has 13 heavy (non-hydrogen) atoms. The molecule has 1 radical (unpaired) electrons. The zero-order chi connectivity index (χ0) is 9.68. The molecule has 1 heterocycles. The molecule has 1 rings (SSSR count). The molecule has 0 spiro atoms. The van der Waals surface area contributed by atoms with Gasteiger partial charge in [0.1, 0.15) is 6.10 Å². The summed E-state index contributed by atoms with van der Waals surface area (Å²) in [5.74, 6) is 0. The Labute approximate surface area is 78.8 Å². The lowest BCUT2D eigenvalue weighted by Crippen LogP contribution is -2.24. The third-order valence-corrected chi connectivity index (χ3v) is 2.00. The molecule has 4 nitrogen and oxygen atoms in total. The lowest BCUT2D eigenvalue weighted by Gasteiger charge is -2.13. The van der Waals surface area contributed by atoms with E-state index in [1.165, 1.54) is 0 Å². The summed E-state index contributed by atoms with van der Waals surface area (Å²) in [6.45, 7) is 8.01. The van der Waals surface area contributed by atoms with E-state index < -0.39 is 6.16 Å². The van der Waals surface area contributed by atoms with Crippen molar-refractivity contribution in [1.82, 2.24) is 4.90 Å². The van der Waals surface area contributed by atoms with Crippen LogP contribution in [-0.4, -0.2) is 36.9 Å². The molecule has 0 N–H and O–H groups in total. The van der Waals surface area contributed by atoms with E-state index >= 15 is 0 Å². The fourth-order valence-electron chi connectivity index (χ4n) is 1.31. The number of hydrogen-bond acceptors (Lipinski definition) is 4. The van der Waals surface area contributed by atoms with E-state index in [9.17, 15) is 4.79 Å². The van der Waals surface area contributed by atoms with Gasteiger partial charge in [0.2, 0.25) is 0 Å². The Hall–Kier alpha value is -0.770. The van der Waals surface area contributed by atoms with Crippen LogP contribution in [0.5, 0.6) is 0 Å². The topological polar surface area (TPSA) is 38.8 Å². The van der Waals surface area contributed by atoms with Crippen LogP contribution in [0.25, 0.3) is 0 Å². The first-order valence-electron chi connectivity index (χ1n) is 4.67. The molecule has 0 aromatic heterocycles. The van der Waals surface area contributed by atoms with Crippen molar-refractivity contribution in [3.63, 3.8) is 0 Å². The molecule has 0 aromatic rings. The van der Waals surface area contributed by atoms with Gasteiger partial charge < -0.3 is 9.47 Å². The van der Waals surface area contributed by atoms with Gasteiger partial charge in [0.05, 0.1) is 6.61 Å². The minimum Gasteiger partial charge on any atom is -0.435 e. The second-order valence-electron chi connectivity index (χ2n) is 2.93. The minimum atomic E-state index is -0.557. The third kappa shape index (κ3) is 3.22. The van der Waals surface area contributed by atoms with Gasteiger partial charge in [0, 0.05) is 19.5 Å². The Balaban J connectivity index is 2.19. The number of carbonyl (C=O) groups excluding carboxylic acids is 1. The molecule has 75 valence electrons. The monoisotopic (exact) mass is 186 g/mol. The van der Waals surface area contributed by atoms with Gasteiger partial charge in [0.25, 0.3) is 0 Å². The van der Waals surface area contributed by atoms with Crippen LogP contribution in [0.4, 0.5) is 4.79 Å². The molecule has 1 unspecified atom stereocenters. The van der Waals surface area contributed by atoms with E-state index in [2.05, 4.69) is 23.1 Å². The van der Waals surface area contributed by atoms with Crippen LogP contribution in [0.15, 0.2) is 0 Å². The zero-order valence-corrected chi connectivity index (χ0v) is 8.16. The van der Waals surface area contributed by atoms with E-state index in [0.717, 1.165) is 19.5 Å². The second-order valence-corrected chi connectivity index (χ2v) is 2.93. The first-order chi connectivity index (χ1) is 6.26. The number of hydrogen-bond donors (Lipinski definition) is 0. The number of carbonyl (C=O) groups is 1. The molecular formula is C9H16NO3. The Morgan fingerprint density at radius 1 is 1.62 bits per heavy atom. The van der Waals surface area contributed by atoms with Crippen LogP contribution in [-0.2, 0) is 9.47 Å². The van der Waals surface area contributed by atoms with Crippen molar-refractivity contribution < 1.29 is 14.3 Å². The van der Waals surface area contributed by atoms with Gasteiger partial charge in [-0.3, -0.25) is 4.90 Å². The highest BCUT2D eigenvalue weighted by molar-refractivity contribution is 5.60. The summed E-state index contributed by atoms with van der Waals surface area (Å²) in [5.41, 5.74) is 0. The van der Waals surface area contributed by atoms with Crippen LogP contribution in [0.3, 0.4) is 0 Å². The smallest absolute Gasteiger partial charge is 0.435 e. The second kappa shape index (κ2) is 5.07. The van der Waals surface area contributed by atoms with Crippen LogP contribution in [0.2, 0.25) is 0 Å². The number of likely N-dealkylation sites (N-methyl/N-ethyl adjacent to an activating group) is 1. The van der Waals surface area contributed by atoms with Gasteiger partial charge in [0.15, 0.2) is 0 Å². The van der Waals surface area contributed by atoms with Crippen molar-refractivity contribution in [1.29, 1.82) is 0 Å². The van der Waals surface area contributed by atoms with E-state index in [1.54, 1.807) is 6.92 Å². The summed E-state index contributed by atoms with van der Waals surface area (Å²) in [4.78, 5) is 13.0. The first-order valence-corrected chi connectivity index (χ1v) is 4.67. The maximum Gasteiger partial charge on any atom is 0.508 e. The largest absolute Gasteiger partial charge is 0.508 e. The van der Waals surface area contributed by atoms with Crippen LogP contribution >= 0.6 is 0 Å². The summed E-state index contributed by atoms with van der Waals surface area (Å²) in [6, 6.07) is 0. The van der Waals surface area contributed by atoms with Gasteiger partial charge in [-0.05, 0) is 13.5 Å². The average Bonchev–Trinajstić information content (AvgIpc) is 2.52. The number of ether oxygens (including phenoxy) is 2. The standard InChI is InChI=1S/C9H16NO3/c1-3-10-6-5-8(7-10)13-9(11)12-4-2/h6,8H,3-5,7H2,1-2H3. The Bertz CT molecular complexity index is 172. The van der Waals surface area contributed by atoms with Gasteiger partial charge in [-0.15, -0.1) is 0 Å². The molecule has 0 saturated carbocycles. The highest BCUT2D eigenvalue weighted by atomic mass is 16.7. The molecule has 0 aromatic carbocycles. The van der Waals surface area contributed by atoms with Crippen molar-refractivity contribution in [2.24, 2.45) is 0 Å². The molecule has 1 saturated heterocycles. The van der Waals surface area contributed by atoms with Gasteiger partial charge in [-0.2, -0.15) is 0 Å². The third-order valence-electron chi connectivity index (χ3n) is 2.00. The fraction of sp³-hybridized carbons (Fsp3) is 0.778. The van der Waals surface area contributed by atoms with E-state index in [4.69, 9.17) is 4.74 Å². The normalized spacial score (nSPS) is 23.1. The van der Waals surface area contributed by atoms with Crippen molar-refractivity contribution >= 4 is 6.16 Å². The molecule has 1 fully saturated rings. The van der Waals surface area contributed by atoms with E-state index in [0.29, 0.717) is 6.61 Å². The molecule has 0 bridgehead atoms. The summed E-state index contributed by atoms with van der Waals surface area (Å²) in [5, 5.41) is 0. The SMILES string of the molecule is CCOC(=O)OC1C[CH]N(CC)C1. The number of nitrogens with zero attached hydrogens (tertiary/aromatic N) is 1. The molecule has 1 aliphatic heterocycles. The molecule has 1 aliphatic rings. The van der Waals surface area contributed by atoms with Crippen LogP contribution in [0.1, 0.15) is 20.3 Å².